The van der Waals surface area contributed by atoms with E-state index in [1.54, 1.807) is 18.2 Å². The Labute approximate surface area is 166 Å². The number of halogens is 1. The Hall–Kier alpha value is -2.25. The summed E-state index contributed by atoms with van der Waals surface area (Å²) in [4.78, 5) is 12.9. The van der Waals surface area contributed by atoms with E-state index in [1.165, 1.54) is 0 Å². The first-order valence-corrected chi connectivity index (χ1v) is 10.4. The molecule has 0 bridgehead atoms. The molecule has 2 aromatic rings. The summed E-state index contributed by atoms with van der Waals surface area (Å²) < 4.78 is 25.6. The van der Waals surface area contributed by atoms with Gasteiger partial charge in [-0.15, -0.1) is 12.4 Å². The molecule has 0 heterocycles. The lowest BCUT2D eigenvalue weighted by molar-refractivity contribution is 0.0933. The van der Waals surface area contributed by atoms with Crippen LogP contribution in [0.2, 0.25) is 0 Å². The number of carbonyl (C=O) groups is 1. The summed E-state index contributed by atoms with van der Waals surface area (Å²) in [5.41, 5.74) is 10.3. The smallest absolute Gasteiger partial charge is 0.253 e. The molecule has 0 aliphatic heterocycles. The number of fused-ring (bicyclic) bond motifs is 1. The van der Waals surface area contributed by atoms with E-state index in [4.69, 9.17) is 5.73 Å². The molecule has 1 aliphatic rings. The summed E-state index contributed by atoms with van der Waals surface area (Å²) in [6.45, 7) is 1.86. The number of benzene rings is 2. The van der Waals surface area contributed by atoms with Gasteiger partial charge in [-0.25, -0.2) is 8.42 Å². The van der Waals surface area contributed by atoms with Crippen molar-refractivity contribution in [1.29, 1.82) is 0 Å². The van der Waals surface area contributed by atoms with Crippen molar-refractivity contribution in [3.63, 3.8) is 0 Å². The van der Waals surface area contributed by atoms with Crippen molar-refractivity contribution in [2.75, 3.05) is 16.7 Å². The van der Waals surface area contributed by atoms with Gasteiger partial charge in [0.2, 0.25) is 10.0 Å². The fourth-order valence-electron chi connectivity index (χ4n) is 3.35. The molecule has 4 N–H and O–H groups in total. The standard InChI is InChI=1S/C19H23N3O3S.ClH/c1-12-6-9-18(22-26(2,24)25)16(10-12)19(23)21-17-5-3-4-13-11-14(20)7-8-15(13)17;/h6-11,17,22H,3-5,20H2,1-2H3,(H,21,23);1H. The molecule has 0 saturated heterocycles. The van der Waals surface area contributed by atoms with Gasteiger partial charge in [0.05, 0.1) is 23.5 Å². The maximum Gasteiger partial charge on any atom is 0.253 e. The van der Waals surface area contributed by atoms with Crippen LogP contribution in [-0.2, 0) is 16.4 Å². The molecule has 0 spiro atoms. The van der Waals surface area contributed by atoms with Crippen molar-refractivity contribution in [3.05, 3.63) is 58.7 Å². The second kappa shape index (κ2) is 8.19. The number of amides is 1. The van der Waals surface area contributed by atoms with Crippen molar-refractivity contribution < 1.29 is 13.2 Å². The molecule has 6 nitrogen and oxygen atoms in total. The van der Waals surface area contributed by atoms with Crippen LogP contribution in [0.15, 0.2) is 36.4 Å². The van der Waals surface area contributed by atoms with Crippen molar-refractivity contribution in [2.24, 2.45) is 0 Å². The van der Waals surface area contributed by atoms with Crippen LogP contribution in [0.4, 0.5) is 11.4 Å². The topological polar surface area (TPSA) is 101 Å². The Morgan fingerprint density at radius 3 is 2.63 bits per heavy atom. The number of aryl methyl sites for hydroxylation is 2. The van der Waals surface area contributed by atoms with Crippen LogP contribution in [-0.4, -0.2) is 20.6 Å². The summed E-state index contributed by atoms with van der Waals surface area (Å²) in [7, 11) is -3.48. The molecule has 0 aromatic heterocycles. The quantitative estimate of drug-likeness (QED) is 0.675. The summed E-state index contributed by atoms with van der Waals surface area (Å²) in [6, 6.07) is 10.7. The largest absolute Gasteiger partial charge is 0.399 e. The van der Waals surface area contributed by atoms with Gasteiger partial charge in [0.1, 0.15) is 0 Å². The average Bonchev–Trinajstić information content (AvgIpc) is 2.55. The zero-order valence-electron chi connectivity index (χ0n) is 15.3. The average molecular weight is 410 g/mol. The number of nitrogens with one attached hydrogen (secondary N) is 2. The molecule has 2 aromatic carbocycles. The van der Waals surface area contributed by atoms with Gasteiger partial charge in [-0.3, -0.25) is 9.52 Å². The van der Waals surface area contributed by atoms with Gasteiger partial charge in [0.25, 0.3) is 5.91 Å². The minimum Gasteiger partial charge on any atom is -0.399 e. The molecule has 1 unspecified atom stereocenters. The number of hydrogen-bond donors (Lipinski definition) is 3. The summed E-state index contributed by atoms with van der Waals surface area (Å²) in [5.74, 6) is -0.297. The highest BCUT2D eigenvalue weighted by atomic mass is 35.5. The maximum absolute atomic E-state index is 12.9. The lowest BCUT2D eigenvalue weighted by atomic mass is 9.87. The molecule has 0 saturated carbocycles. The Bertz CT molecular complexity index is 961. The predicted octanol–water partition coefficient (Wildman–Crippen LogP) is 3.18. The van der Waals surface area contributed by atoms with Gasteiger partial charge in [0, 0.05) is 5.69 Å². The number of hydrogen-bond acceptors (Lipinski definition) is 4. The number of anilines is 2. The third-order valence-electron chi connectivity index (χ3n) is 4.50. The summed E-state index contributed by atoms with van der Waals surface area (Å²) in [6.07, 6.45) is 3.81. The number of nitrogens with two attached hydrogens (primary N) is 1. The third kappa shape index (κ3) is 5.14. The maximum atomic E-state index is 12.9. The molecule has 1 amide bonds. The second-order valence-corrected chi connectivity index (χ2v) is 8.55. The van der Waals surface area contributed by atoms with Gasteiger partial charge in [-0.1, -0.05) is 17.7 Å². The number of rotatable bonds is 4. The van der Waals surface area contributed by atoms with E-state index in [2.05, 4.69) is 10.0 Å². The van der Waals surface area contributed by atoms with Crippen LogP contribution in [0.25, 0.3) is 0 Å². The Kier molecular flexibility index (Phi) is 6.38. The third-order valence-corrected chi connectivity index (χ3v) is 5.09. The molecule has 0 fully saturated rings. The van der Waals surface area contributed by atoms with Gasteiger partial charge in [-0.2, -0.15) is 0 Å². The van der Waals surface area contributed by atoms with E-state index in [1.807, 2.05) is 25.1 Å². The van der Waals surface area contributed by atoms with E-state index in [0.717, 1.165) is 42.2 Å². The van der Waals surface area contributed by atoms with Crippen LogP contribution < -0.4 is 15.8 Å². The number of sulfonamides is 1. The number of nitrogen functional groups attached to an aromatic ring is 1. The Balaban J connectivity index is 0.00000261. The van der Waals surface area contributed by atoms with E-state index in [-0.39, 0.29) is 30.0 Å². The summed E-state index contributed by atoms with van der Waals surface area (Å²) in [5, 5.41) is 3.05. The van der Waals surface area contributed by atoms with E-state index in [9.17, 15) is 13.2 Å². The minimum atomic E-state index is -3.48. The summed E-state index contributed by atoms with van der Waals surface area (Å²) >= 11 is 0. The van der Waals surface area contributed by atoms with Crippen LogP contribution in [0.5, 0.6) is 0 Å². The van der Waals surface area contributed by atoms with Crippen LogP contribution in [0.1, 0.15) is 45.9 Å². The molecule has 0 radical (unpaired) electrons. The molecule has 1 aliphatic carbocycles. The van der Waals surface area contributed by atoms with Gasteiger partial charge >= 0.3 is 0 Å². The van der Waals surface area contributed by atoms with Crippen molar-refractivity contribution in [2.45, 2.75) is 32.2 Å². The zero-order valence-corrected chi connectivity index (χ0v) is 16.9. The lowest BCUT2D eigenvalue weighted by Crippen LogP contribution is -2.31. The highest BCUT2D eigenvalue weighted by Gasteiger charge is 2.24. The van der Waals surface area contributed by atoms with Crippen molar-refractivity contribution in [3.8, 4) is 0 Å². The molecule has 146 valence electrons. The normalized spacial score (nSPS) is 16.0. The zero-order chi connectivity index (χ0) is 18.9. The SMILES string of the molecule is Cc1ccc(NS(C)(=O)=O)c(C(=O)NC2CCCc3cc(N)ccc32)c1.Cl. The van der Waals surface area contributed by atoms with Gasteiger partial charge < -0.3 is 11.1 Å². The monoisotopic (exact) mass is 409 g/mol. The van der Waals surface area contributed by atoms with Crippen molar-refractivity contribution >= 4 is 39.7 Å². The lowest BCUT2D eigenvalue weighted by Gasteiger charge is -2.27. The molecular formula is C19H24ClN3O3S. The van der Waals surface area contributed by atoms with Gasteiger partial charge in [0.15, 0.2) is 0 Å². The molecule has 8 heteroatoms. The molecular weight excluding hydrogens is 386 g/mol. The van der Waals surface area contributed by atoms with Gasteiger partial charge in [-0.05, 0) is 61.6 Å². The first kappa shape index (κ1) is 21.1. The van der Waals surface area contributed by atoms with E-state index >= 15 is 0 Å². The van der Waals surface area contributed by atoms with Crippen LogP contribution in [0.3, 0.4) is 0 Å². The highest BCUT2D eigenvalue weighted by Crippen LogP contribution is 2.31. The second-order valence-electron chi connectivity index (χ2n) is 6.80. The fraction of sp³-hybridized carbons (Fsp3) is 0.316. The predicted molar refractivity (Wildman–Crippen MR) is 111 cm³/mol. The van der Waals surface area contributed by atoms with Crippen LogP contribution >= 0.6 is 12.4 Å². The molecule has 1 atom stereocenters. The Morgan fingerprint density at radius 2 is 1.93 bits per heavy atom. The molecule has 27 heavy (non-hydrogen) atoms. The first-order chi connectivity index (χ1) is 12.2. The van der Waals surface area contributed by atoms with Crippen LogP contribution in [0, 0.1) is 6.92 Å². The fourth-order valence-corrected chi connectivity index (χ4v) is 3.93. The Morgan fingerprint density at radius 1 is 1.19 bits per heavy atom. The van der Waals surface area contributed by atoms with E-state index < -0.39 is 10.0 Å². The highest BCUT2D eigenvalue weighted by molar-refractivity contribution is 7.92. The number of carbonyl (C=O) groups excluding carboxylic acids is 1. The first-order valence-electron chi connectivity index (χ1n) is 8.50. The van der Waals surface area contributed by atoms with E-state index in [0.29, 0.717) is 11.3 Å². The molecule has 3 rings (SSSR count). The minimum absolute atomic E-state index is 0. The van der Waals surface area contributed by atoms with Crippen molar-refractivity contribution in [1.82, 2.24) is 5.32 Å².